The summed E-state index contributed by atoms with van der Waals surface area (Å²) in [4.78, 5) is 14.3. The highest BCUT2D eigenvalue weighted by atomic mass is 32.2. The number of rotatable bonds is 5. The van der Waals surface area contributed by atoms with Crippen molar-refractivity contribution in [3.63, 3.8) is 0 Å². The first-order valence-electron chi connectivity index (χ1n) is 9.34. The summed E-state index contributed by atoms with van der Waals surface area (Å²) in [6.45, 7) is 5.19. The number of ether oxygens (including phenoxy) is 2. The number of thioether (sulfide) groups is 1. The van der Waals surface area contributed by atoms with E-state index in [0.29, 0.717) is 13.2 Å². The van der Waals surface area contributed by atoms with Crippen molar-refractivity contribution in [1.82, 2.24) is 0 Å². The lowest BCUT2D eigenvalue weighted by molar-refractivity contribution is 0.0989. The highest BCUT2D eigenvalue weighted by molar-refractivity contribution is 8.00. The first-order valence-corrected chi connectivity index (χ1v) is 10.2. The number of Topliss-reactive ketones (excluding diaryl/α,β-unsaturated/α-hetero) is 1. The molecule has 0 aliphatic carbocycles. The van der Waals surface area contributed by atoms with Gasteiger partial charge in [-0.2, -0.15) is 0 Å². The maximum absolute atomic E-state index is 13.4. The van der Waals surface area contributed by atoms with E-state index in [1.807, 2.05) is 61.5 Å². The van der Waals surface area contributed by atoms with Gasteiger partial charge in [0.05, 0.1) is 5.25 Å². The van der Waals surface area contributed by atoms with Crippen LogP contribution in [0.1, 0.15) is 32.3 Å². The summed E-state index contributed by atoms with van der Waals surface area (Å²) in [5, 5.41) is -0.328. The Labute approximate surface area is 169 Å². The highest BCUT2D eigenvalue weighted by Crippen LogP contribution is 2.41. The molecule has 1 aliphatic heterocycles. The maximum Gasteiger partial charge on any atom is 0.180 e. The van der Waals surface area contributed by atoms with E-state index in [0.717, 1.165) is 33.1 Å². The normalized spacial score (nSPS) is 13.8. The zero-order valence-corrected chi connectivity index (χ0v) is 16.8. The average molecular weight is 391 g/mol. The topological polar surface area (TPSA) is 35.5 Å². The lowest BCUT2D eigenvalue weighted by atomic mass is 10.0. The number of hydrogen-bond donors (Lipinski definition) is 0. The van der Waals surface area contributed by atoms with E-state index in [1.54, 1.807) is 11.8 Å². The SMILES string of the molecule is Cc1ccc(C(=O)C(Sc2ccc3c(c2)OCCO3)c2ccc(C)cc2)cc1. The monoisotopic (exact) mass is 390 g/mol. The second kappa shape index (κ2) is 8.11. The highest BCUT2D eigenvalue weighted by Gasteiger charge is 2.24. The third-order valence-corrected chi connectivity index (χ3v) is 5.97. The molecule has 3 aromatic carbocycles. The quantitative estimate of drug-likeness (QED) is 0.408. The Hall–Kier alpha value is -2.72. The van der Waals surface area contributed by atoms with Crippen LogP contribution < -0.4 is 9.47 Å². The molecule has 0 amide bonds. The number of aryl methyl sites for hydroxylation is 2. The molecule has 1 unspecified atom stereocenters. The molecule has 3 aromatic rings. The lowest BCUT2D eigenvalue weighted by Gasteiger charge is -2.20. The summed E-state index contributed by atoms with van der Waals surface area (Å²) >= 11 is 1.54. The van der Waals surface area contributed by atoms with E-state index in [1.165, 1.54) is 5.56 Å². The Bertz CT molecular complexity index is 978. The van der Waals surface area contributed by atoms with Crippen LogP contribution in [0.3, 0.4) is 0 Å². The van der Waals surface area contributed by atoms with Gasteiger partial charge in [-0.05, 0) is 37.6 Å². The summed E-state index contributed by atoms with van der Waals surface area (Å²) in [7, 11) is 0. The van der Waals surface area contributed by atoms with Gasteiger partial charge in [-0.25, -0.2) is 0 Å². The van der Waals surface area contributed by atoms with Gasteiger partial charge < -0.3 is 9.47 Å². The van der Waals surface area contributed by atoms with Gasteiger partial charge in [0.15, 0.2) is 17.3 Å². The van der Waals surface area contributed by atoms with Crippen LogP contribution in [-0.4, -0.2) is 19.0 Å². The van der Waals surface area contributed by atoms with Crippen molar-refractivity contribution in [2.75, 3.05) is 13.2 Å². The molecule has 4 heteroatoms. The van der Waals surface area contributed by atoms with Crippen LogP contribution in [0.25, 0.3) is 0 Å². The van der Waals surface area contributed by atoms with Crippen molar-refractivity contribution in [3.05, 3.63) is 89.0 Å². The second-order valence-electron chi connectivity index (χ2n) is 6.94. The first kappa shape index (κ1) is 18.6. The summed E-state index contributed by atoms with van der Waals surface area (Å²) < 4.78 is 11.3. The second-order valence-corrected chi connectivity index (χ2v) is 8.12. The Morgan fingerprint density at radius 3 is 2.11 bits per heavy atom. The van der Waals surface area contributed by atoms with E-state index < -0.39 is 0 Å². The zero-order valence-electron chi connectivity index (χ0n) is 16.0. The first-order chi connectivity index (χ1) is 13.6. The predicted octanol–water partition coefficient (Wildman–Crippen LogP) is 5.79. The molecule has 4 rings (SSSR count). The summed E-state index contributed by atoms with van der Waals surface area (Å²) in [6.07, 6.45) is 0. The Kier molecular flexibility index (Phi) is 5.40. The Morgan fingerprint density at radius 1 is 0.821 bits per heavy atom. The fraction of sp³-hybridized carbons (Fsp3) is 0.208. The van der Waals surface area contributed by atoms with Crippen LogP contribution in [-0.2, 0) is 0 Å². The molecule has 0 aromatic heterocycles. The minimum absolute atomic E-state index is 0.101. The molecule has 1 heterocycles. The van der Waals surface area contributed by atoms with Crippen LogP contribution in [0.15, 0.2) is 71.6 Å². The minimum Gasteiger partial charge on any atom is -0.486 e. The minimum atomic E-state index is -0.328. The van der Waals surface area contributed by atoms with Crippen molar-refractivity contribution < 1.29 is 14.3 Å². The molecule has 0 saturated carbocycles. The van der Waals surface area contributed by atoms with Gasteiger partial charge in [0.1, 0.15) is 13.2 Å². The molecular weight excluding hydrogens is 368 g/mol. The summed E-state index contributed by atoms with van der Waals surface area (Å²) in [5.74, 6) is 1.60. The van der Waals surface area contributed by atoms with Crippen molar-refractivity contribution in [2.45, 2.75) is 24.0 Å². The number of ketones is 1. The molecule has 0 N–H and O–H groups in total. The number of carbonyl (C=O) groups excluding carboxylic acids is 1. The molecule has 1 aliphatic rings. The largest absolute Gasteiger partial charge is 0.486 e. The molecule has 3 nitrogen and oxygen atoms in total. The molecule has 0 radical (unpaired) electrons. The van der Waals surface area contributed by atoms with E-state index in [-0.39, 0.29) is 11.0 Å². The molecule has 0 fully saturated rings. The van der Waals surface area contributed by atoms with Crippen LogP contribution in [0.5, 0.6) is 11.5 Å². The number of carbonyl (C=O) groups is 1. The van der Waals surface area contributed by atoms with E-state index in [9.17, 15) is 4.79 Å². The Morgan fingerprint density at radius 2 is 1.43 bits per heavy atom. The number of fused-ring (bicyclic) bond motifs is 1. The fourth-order valence-corrected chi connectivity index (χ4v) is 4.25. The molecule has 0 bridgehead atoms. The van der Waals surface area contributed by atoms with Gasteiger partial charge in [-0.15, -0.1) is 11.8 Å². The van der Waals surface area contributed by atoms with Crippen molar-refractivity contribution >= 4 is 17.5 Å². The third kappa shape index (κ3) is 4.07. The van der Waals surface area contributed by atoms with Crippen LogP contribution in [0.2, 0.25) is 0 Å². The van der Waals surface area contributed by atoms with Gasteiger partial charge in [0.25, 0.3) is 0 Å². The van der Waals surface area contributed by atoms with Crippen LogP contribution >= 0.6 is 11.8 Å². The van der Waals surface area contributed by atoms with E-state index in [2.05, 4.69) is 19.1 Å². The standard InChI is InChI=1S/C24H22O3S/c1-16-3-7-18(8-4-16)23(25)24(19-9-5-17(2)6-10-19)28-20-11-12-21-22(15-20)27-14-13-26-21/h3-12,15,24H,13-14H2,1-2H3. The summed E-state index contributed by atoms with van der Waals surface area (Å²) in [6, 6.07) is 21.8. The molecule has 1 atom stereocenters. The maximum atomic E-state index is 13.4. The van der Waals surface area contributed by atoms with Gasteiger partial charge in [-0.3, -0.25) is 4.79 Å². The van der Waals surface area contributed by atoms with E-state index >= 15 is 0 Å². The van der Waals surface area contributed by atoms with Crippen molar-refractivity contribution in [1.29, 1.82) is 0 Å². The van der Waals surface area contributed by atoms with Gasteiger partial charge >= 0.3 is 0 Å². The lowest BCUT2D eigenvalue weighted by Crippen LogP contribution is -2.15. The third-order valence-electron chi connectivity index (χ3n) is 4.72. The van der Waals surface area contributed by atoms with Crippen LogP contribution in [0.4, 0.5) is 0 Å². The average Bonchev–Trinajstić information content (AvgIpc) is 2.73. The van der Waals surface area contributed by atoms with Crippen molar-refractivity contribution in [2.24, 2.45) is 0 Å². The fourth-order valence-electron chi connectivity index (χ4n) is 3.12. The molecule has 142 valence electrons. The van der Waals surface area contributed by atoms with Crippen molar-refractivity contribution in [3.8, 4) is 11.5 Å². The summed E-state index contributed by atoms with van der Waals surface area (Å²) in [5.41, 5.74) is 4.04. The van der Waals surface area contributed by atoms with Crippen LogP contribution in [0, 0.1) is 13.8 Å². The predicted molar refractivity (Wildman–Crippen MR) is 113 cm³/mol. The Balaban J connectivity index is 1.67. The zero-order chi connectivity index (χ0) is 19.5. The van der Waals surface area contributed by atoms with Gasteiger partial charge in [-0.1, -0.05) is 59.7 Å². The number of benzene rings is 3. The van der Waals surface area contributed by atoms with Gasteiger partial charge in [0.2, 0.25) is 0 Å². The smallest absolute Gasteiger partial charge is 0.180 e. The molecule has 0 saturated heterocycles. The molecule has 28 heavy (non-hydrogen) atoms. The molecule has 0 spiro atoms. The number of hydrogen-bond acceptors (Lipinski definition) is 4. The molecular formula is C24H22O3S. The van der Waals surface area contributed by atoms with E-state index in [4.69, 9.17) is 9.47 Å². The van der Waals surface area contributed by atoms with Gasteiger partial charge in [0, 0.05) is 10.5 Å².